The van der Waals surface area contributed by atoms with Crippen LogP contribution in [0.1, 0.15) is 50.7 Å². The summed E-state index contributed by atoms with van der Waals surface area (Å²) in [5, 5.41) is 12.9. The van der Waals surface area contributed by atoms with Crippen LogP contribution in [0.5, 0.6) is 0 Å². The Balaban J connectivity index is 2.30. The van der Waals surface area contributed by atoms with Gasteiger partial charge in [-0.25, -0.2) is 0 Å². The molecule has 1 amide bonds. The average molecular weight is 397 g/mol. The summed E-state index contributed by atoms with van der Waals surface area (Å²) in [5.41, 5.74) is -0.242. The van der Waals surface area contributed by atoms with E-state index in [1.807, 2.05) is 0 Å². The van der Waals surface area contributed by atoms with Gasteiger partial charge in [0.15, 0.2) is 0 Å². The van der Waals surface area contributed by atoms with Gasteiger partial charge in [-0.05, 0) is 68.9 Å². The van der Waals surface area contributed by atoms with E-state index in [4.69, 9.17) is 10.1 Å². The Bertz CT molecular complexity index is 752. The summed E-state index contributed by atoms with van der Waals surface area (Å²) in [5.74, 6) is -0.489. The molecule has 0 unspecified atom stereocenters. The standard InChI is InChI=1S/C20H26F3N3O2/c1-13(11-24)12-25-19(2,3)18(27)26-17-5-4-15(20(21,22)23)10-16(17)14-6-8-28-9-7-14/h4-5,10-12,14,24-25H,6-9H2,1-3H3,(H,26,27)/b13-12-,24-11?. The third-order valence-corrected chi connectivity index (χ3v) is 4.74. The molecule has 1 aromatic rings. The van der Waals surface area contributed by atoms with Gasteiger partial charge < -0.3 is 20.8 Å². The monoisotopic (exact) mass is 397 g/mol. The summed E-state index contributed by atoms with van der Waals surface area (Å²) in [6, 6.07) is 3.43. The number of allylic oxidation sites excluding steroid dienone is 1. The fourth-order valence-electron chi connectivity index (χ4n) is 2.88. The minimum Gasteiger partial charge on any atom is -0.381 e. The van der Waals surface area contributed by atoms with Gasteiger partial charge in [-0.15, -0.1) is 0 Å². The molecule has 0 saturated carbocycles. The Hall–Kier alpha value is -2.35. The van der Waals surface area contributed by atoms with Crippen LogP contribution in [0.25, 0.3) is 0 Å². The van der Waals surface area contributed by atoms with Gasteiger partial charge in [0.05, 0.1) is 5.56 Å². The van der Waals surface area contributed by atoms with Crippen LogP contribution in [0.2, 0.25) is 0 Å². The van der Waals surface area contributed by atoms with Crippen molar-refractivity contribution in [2.45, 2.75) is 51.2 Å². The molecule has 3 N–H and O–H groups in total. The summed E-state index contributed by atoms with van der Waals surface area (Å²) in [4.78, 5) is 12.7. The molecule has 0 spiro atoms. The van der Waals surface area contributed by atoms with Gasteiger partial charge in [0.2, 0.25) is 5.91 Å². The Morgan fingerprint density at radius 2 is 1.89 bits per heavy atom. The number of carbonyl (C=O) groups is 1. The van der Waals surface area contributed by atoms with Crippen molar-refractivity contribution in [3.05, 3.63) is 41.1 Å². The van der Waals surface area contributed by atoms with Crippen LogP contribution in [0, 0.1) is 5.41 Å². The topological polar surface area (TPSA) is 74.2 Å². The van der Waals surface area contributed by atoms with Crippen molar-refractivity contribution < 1.29 is 22.7 Å². The van der Waals surface area contributed by atoms with Gasteiger partial charge >= 0.3 is 6.18 Å². The molecule has 28 heavy (non-hydrogen) atoms. The fourth-order valence-corrected chi connectivity index (χ4v) is 2.88. The average Bonchev–Trinajstić information content (AvgIpc) is 2.66. The molecule has 1 heterocycles. The maximum absolute atomic E-state index is 13.2. The molecule has 1 fully saturated rings. The normalized spacial score (nSPS) is 16.6. The number of halogens is 3. The largest absolute Gasteiger partial charge is 0.416 e. The molecular formula is C20H26F3N3O2. The van der Waals surface area contributed by atoms with E-state index < -0.39 is 17.3 Å². The lowest BCUT2D eigenvalue weighted by atomic mass is 9.89. The van der Waals surface area contributed by atoms with E-state index in [1.165, 1.54) is 6.07 Å². The zero-order chi connectivity index (χ0) is 20.9. The van der Waals surface area contributed by atoms with Gasteiger partial charge in [0.25, 0.3) is 0 Å². The highest BCUT2D eigenvalue weighted by molar-refractivity contribution is 5.98. The molecule has 0 aromatic heterocycles. The van der Waals surface area contributed by atoms with E-state index in [2.05, 4.69) is 10.6 Å². The summed E-state index contributed by atoms with van der Waals surface area (Å²) in [7, 11) is 0. The second-order valence-corrected chi connectivity index (χ2v) is 7.44. The zero-order valence-electron chi connectivity index (χ0n) is 16.2. The van der Waals surface area contributed by atoms with Gasteiger partial charge in [0, 0.05) is 31.3 Å². The number of anilines is 1. The Morgan fingerprint density at radius 1 is 1.25 bits per heavy atom. The quantitative estimate of drug-likeness (QED) is 0.621. The van der Waals surface area contributed by atoms with Gasteiger partial charge in [-0.1, -0.05) is 0 Å². The summed E-state index contributed by atoms with van der Waals surface area (Å²) in [6.07, 6.45) is -0.530. The van der Waals surface area contributed by atoms with Crippen molar-refractivity contribution >= 4 is 17.8 Å². The number of ether oxygens (including phenoxy) is 1. The van der Waals surface area contributed by atoms with E-state index in [1.54, 1.807) is 27.0 Å². The number of benzene rings is 1. The van der Waals surface area contributed by atoms with E-state index in [9.17, 15) is 18.0 Å². The van der Waals surface area contributed by atoms with Crippen molar-refractivity contribution in [2.24, 2.45) is 0 Å². The van der Waals surface area contributed by atoms with Crippen molar-refractivity contribution in [3.8, 4) is 0 Å². The minimum atomic E-state index is -4.45. The number of amides is 1. The molecule has 1 aliphatic heterocycles. The summed E-state index contributed by atoms with van der Waals surface area (Å²) in [6.45, 7) is 6.00. The van der Waals surface area contributed by atoms with Crippen LogP contribution < -0.4 is 10.6 Å². The van der Waals surface area contributed by atoms with Crippen LogP contribution in [0.15, 0.2) is 30.0 Å². The molecule has 2 rings (SSSR count). The molecule has 1 aromatic carbocycles. The lowest BCUT2D eigenvalue weighted by Gasteiger charge is -2.28. The first kappa shape index (κ1) is 21.9. The molecule has 1 aliphatic rings. The highest BCUT2D eigenvalue weighted by Crippen LogP contribution is 2.37. The lowest BCUT2D eigenvalue weighted by molar-refractivity contribution is -0.137. The van der Waals surface area contributed by atoms with E-state index in [-0.39, 0.29) is 11.8 Å². The molecule has 0 aliphatic carbocycles. The Labute approximate surface area is 162 Å². The van der Waals surface area contributed by atoms with Crippen molar-refractivity contribution in [2.75, 3.05) is 18.5 Å². The van der Waals surface area contributed by atoms with Crippen molar-refractivity contribution in [1.82, 2.24) is 5.32 Å². The van der Waals surface area contributed by atoms with Crippen LogP contribution in [0.3, 0.4) is 0 Å². The molecule has 8 heteroatoms. The molecule has 0 radical (unpaired) electrons. The van der Waals surface area contributed by atoms with Gasteiger partial charge in [-0.3, -0.25) is 4.79 Å². The first-order valence-electron chi connectivity index (χ1n) is 9.10. The van der Waals surface area contributed by atoms with Crippen LogP contribution in [-0.4, -0.2) is 30.9 Å². The highest BCUT2D eigenvalue weighted by Gasteiger charge is 2.33. The van der Waals surface area contributed by atoms with Crippen molar-refractivity contribution in [3.63, 3.8) is 0 Å². The zero-order valence-corrected chi connectivity index (χ0v) is 16.2. The second kappa shape index (κ2) is 8.77. The van der Waals surface area contributed by atoms with Crippen LogP contribution in [-0.2, 0) is 15.7 Å². The number of alkyl halides is 3. The molecule has 5 nitrogen and oxygen atoms in total. The smallest absolute Gasteiger partial charge is 0.381 e. The summed E-state index contributed by atoms with van der Waals surface area (Å²) < 4.78 is 44.9. The summed E-state index contributed by atoms with van der Waals surface area (Å²) >= 11 is 0. The van der Waals surface area contributed by atoms with Crippen LogP contribution >= 0.6 is 0 Å². The van der Waals surface area contributed by atoms with Gasteiger partial charge in [-0.2, -0.15) is 13.2 Å². The number of hydrogen-bond acceptors (Lipinski definition) is 4. The maximum atomic E-state index is 13.2. The second-order valence-electron chi connectivity index (χ2n) is 7.44. The van der Waals surface area contributed by atoms with Crippen molar-refractivity contribution in [1.29, 1.82) is 5.41 Å². The molecular weight excluding hydrogens is 371 g/mol. The lowest BCUT2D eigenvalue weighted by Crippen LogP contribution is -2.47. The molecule has 154 valence electrons. The Morgan fingerprint density at radius 3 is 2.46 bits per heavy atom. The predicted molar refractivity (Wildman–Crippen MR) is 103 cm³/mol. The Kier molecular flexibility index (Phi) is 6.87. The van der Waals surface area contributed by atoms with Crippen LogP contribution in [0.4, 0.5) is 18.9 Å². The predicted octanol–water partition coefficient (Wildman–Crippen LogP) is 4.46. The van der Waals surface area contributed by atoms with Gasteiger partial charge in [0.1, 0.15) is 5.54 Å². The first-order chi connectivity index (χ1) is 13.0. The number of nitrogens with one attached hydrogen (secondary N) is 3. The first-order valence-corrected chi connectivity index (χ1v) is 9.10. The number of rotatable bonds is 6. The van der Waals surface area contributed by atoms with E-state index >= 15 is 0 Å². The number of carbonyl (C=O) groups excluding carboxylic acids is 1. The molecule has 0 atom stereocenters. The third-order valence-electron chi connectivity index (χ3n) is 4.74. The SMILES string of the molecule is C/C(C=N)=C/NC(C)(C)C(=O)Nc1ccc(C(F)(F)F)cc1C1CCOCC1. The third kappa shape index (κ3) is 5.58. The van der Waals surface area contributed by atoms with E-state index in [0.717, 1.165) is 18.3 Å². The number of hydrogen-bond donors (Lipinski definition) is 3. The fraction of sp³-hybridized carbons (Fsp3) is 0.500. The highest BCUT2D eigenvalue weighted by atomic mass is 19.4. The molecule has 1 saturated heterocycles. The molecule has 0 bridgehead atoms. The minimum absolute atomic E-state index is 0.109. The maximum Gasteiger partial charge on any atom is 0.416 e. The van der Waals surface area contributed by atoms with E-state index in [0.29, 0.717) is 42.9 Å².